The van der Waals surface area contributed by atoms with Gasteiger partial charge in [-0.25, -0.2) is 8.78 Å². The van der Waals surface area contributed by atoms with E-state index in [4.69, 9.17) is 0 Å². The van der Waals surface area contributed by atoms with E-state index in [9.17, 15) is 22.0 Å². The fraction of sp³-hybridized carbons (Fsp3) is 0.533. The molecule has 1 unspecified atom stereocenters. The summed E-state index contributed by atoms with van der Waals surface area (Å²) >= 11 is 1.09. The summed E-state index contributed by atoms with van der Waals surface area (Å²) in [7, 11) is 1.64. The first-order valence-electron chi connectivity index (χ1n) is 7.40. The van der Waals surface area contributed by atoms with E-state index in [-0.39, 0.29) is 24.0 Å². The second-order valence-corrected chi connectivity index (χ2v) is 6.95. The van der Waals surface area contributed by atoms with Crippen LogP contribution in [0.5, 0.6) is 0 Å². The molecule has 132 valence electrons. The number of aromatic nitrogens is 1. The van der Waals surface area contributed by atoms with Crippen molar-refractivity contribution in [3.63, 3.8) is 0 Å². The molecule has 1 N–H and O–H groups in total. The van der Waals surface area contributed by atoms with E-state index in [0.717, 1.165) is 11.3 Å². The van der Waals surface area contributed by atoms with Gasteiger partial charge in [0, 0.05) is 12.7 Å². The van der Waals surface area contributed by atoms with Gasteiger partial charge in [-0.2, -0.15) is 13.2 Å². The van der Waals surface area contributed by atoms with Crippen molar-refractivity contribution < 1.29 is 22.0 Å². The van der Waals surface area contributed by atoms with Crippen molar-refractivity contribution in [1.82, 2.24) is 9.88 Å². The summed E-state index contributed by atoms with van der Waals surface area (Å²) < 4.78 is 66.7. The van der Waals surface area contributed by atoms with Crippen LogP contribution in [0.1, 0.15) is 12.0 Å². The predicted octanol–water partition coefficient (Wildman–Crippen LogP) is 4.15. The second kappa shape index (κ2) is 6.11. The highest BCUT2D eigenvalue weighted by Gasteiger charge is 2.43. The fourth-order valence-corrected chi connectivity index (χ4v) is 3.92. The maximum Gasteiger partial charge on any atom is 0.393 e. The van der Waals surface area contributed by atoms with Crippen LogP contribution >= 0.6 is 11.3 Å². The number of rotatable bonds is 3. The SMILES string of the molecule is CN1CCC(Nc2ccnc3c(CC(F)(F)F)csc23)C(F)(F)C1. The number of nitrogens with zero attached hydrogens (tertiary/aromatic N) is 2. The van der Waals surface area contributed by atoms with Crippen molar-refractivity contribution >= 4 is 27.2 Å². The fourth-order valence-electron chi connectivity index (χ4n) is 2.91. The van der Waals surface area contributed by atoms with E-state index in [1.807, 2.05) is 0 Å². The Morgan fingerprint density at radius 2 is 2.17 bits per heavy atom. The number of hydrogen-bond donors (Lipinski definition) is 1. The Balaban J connectivity index is 1.88. The van der Waals surface area contributed by atoms with Crippen LogP contribution < -0.4 is 5.32 Å². The predicted molar refractivity (Wildman–Crippen MR) is 83.9 cm³/mol. The number of nitrogens with one attached hydrogen (secondary N) is 1. The van der Waals surface area contributed by atoms with Gasteiger partial charge in [0.15, 0.2) is 0 Å². The molecule has 1 saturated heterocycles. The molecule has 1 aliphatic rings. The number of halogens is 5. The van der Waals surface area contributed by atoms with Gasteiger partial charge in [-0.1, -0.05) is 0 Å². The molecule has 3 nitrogen and oxygen atoms in total. The maximum atomic E-state index is 14.2. The van der Waals surface area contributed by atoms with E-state index in [0.29, 0.717) is 16.9 Å². The zero-order chi connectivity index (χ0) is 17.5. The third-order valence-electron chi connectivity index (χ3n) is 4.04. The van der Waals surface area contributed by atoms with Crippen LogP contribution in [-0.4, -0.2) is 48.2 Å². The number of thiophene rings is 1. The molecule has 9 heteroatoms. The molecule has 3 rings (SSSR count). The van der Waals surface area contributed by atoms with Crippen LogP contribution in [0.15, 0.2) is 17.6 Å². The topological polar surface area (TPSA) is 28.2 Å². The minimum absolute atomic E-state index is 0.0706. The summed E-state index contributed by atoms with van der Waals surface area (Å²) in [6, 6.07) is 0.484. The van der Waals surface area contributed by atoms with Crippen LogP contribution in [0.3, 0.4) is 0 Å². The van der Waals surface area contributed by atoms with Gasteiger partial charge in [0.2, 0.25) is 0 Å². The largest absolute Gasteiger partial charge is 0.393 e. The Kier molecular flexibility index (Phi) is 4.41. The van der Waals surface area contributed by atoms with Crippen molar-refractivity contribution in [2.75, 3.05) is 25.5 Å². The van der Waals surface area contributed by atoms with Crippen molar-refractivity contribution in [3.8, 4) is 0 Å². The molecule has 0 aliphatic carbocycles. The molecule has 0 radical (unpaired) electrons. The van der Waals surface area contributed by atoms with Crippen LogP contribution in [0.2, 0.25) is 0 Å². The van der Waals surface area contributed by atoms with Crippen molar-refractivity contribution in [2.24, 2.45) is 0 Å². The van der Waals surface area contributed by atoms with Gasteiger partial charge >= 0.3 is 6.18 Å². The summed E-state index contributed by atoms with van der Waals surface area (Å²) in [5.74, 6) is -2.91. The summed E-state index contributed by atoms with van der Waals surface area (Å²) in [4.78, 5) is 5.56. The zero-order valence-corrected chi connectivity index (χ0v) is 13.6. The molecule has 0 saturated carbocycles. The number of anilines is 1. The van der Waals surface area contributed by atoms with Gasteiger partial charge in [-0.3, -0.25) is 4.98 Å². The summed E-state index contributed by atoms with van der Waals surface area (Å²) in [6.07, 6.45) is -3.80. The van der Waals surface area contributed by atoms with Crippen LogP contribution in [0, 0.1) is 0 Å². The van der Waals surface area contributed by atoms with E-state index in [2.05, 4.69) is 10.3 Å². The smallest absolute Gasteiger partial charge is 0.375 e. The monoisotopic (exact) mass is 365 g/mol. The Bertz CT molecular complexity index is 727. The highest BCUT2D eigenvalue weighted by molar-refractivity contribution is 7.18. The Labute approximate surface area is 139 Å². The summed E-state index contributed by atoms with van der Waals surface area (Å²) in [5, 5.41) is 4.22. The molecule has 24 heavy (non-hydrogen) atoms. The Morgan fingerprint density at radius 3 is 2.83 bits per heavy atom. The lowest BCUT2D eigenvalue weighted by Gasteiger charge is -2.37. The van der Waals surface area contributed by atoms with Gasteiger partial charge in [0.1, 0.15) is 0 Å². The first kappa shape index (κ1) is 17.3. The average molecular weight is 365 g/mol. The number of piperidine rings is 1. The van der Waals surface area contributed by atoms with Crippen LogP contribution in [0.4, 0.5) is 27.6 Å². The lowest BCUT2D eigenvalue weighted by molar-refractivity contribution is -0.126. The summed E-state index contributed by atoms with van der Waals surface area (Å²) in [6.45, 7) is 0.188. The van der Waals surface area contributed by atoms with Crippen molar-refractivity contribution in [2.45, 2.75) is 31.0 Å². The maximum absolute atomic E-state index is 14.2. The molecule has 0 spiro atoms. The third kappa shape index (κ3) is 3.61. The van der Waals surface area contributed by atoms with E-state index < -0.39 is 24.6 Å². The number of hydrogen-bond acceptors (Lipinski definition) is 4. The number of alkyl halides is 5. The van der Waals surface area contributed by atoms with Gasteiger partial charge in [-0.05, 0) is 30.5 Å². The van der Waals surface area contributed by atoms with Crippen molar-refractivity contribution in [3.05, 3.63) is 23.2 Å². The van der Waals surface area contributed by atoms with E-state index >= 15 is 0 Å². The van der Waals surface area contributed by atoms with Crippen LogP contribution in [-0.2, 0) is 6.42 Å². The summed E-state index contributed by atoms with van der Waals surface area (Å²) in [5.41, 5.74) is 0.701. The van der Waals surface area contributed by atoms with E-state index in [1.165, 1.54) is 17.6 Å². The molecule has 0 amide bonds. The Morgan fingerprint density at radius 1 is 1.42 bits per heavy atom. The molecular formula is C15H16F5N3S. The Hall–Kier alpha value is -1.48. The number of fused-ring (bicyclic) bond motifs is 1. The van der Waals surface area contributed by atoms with Gasteiger partial charge < -0.3 is 10.2 Å². The highest BCUT2D eigenvalue weighted by Crippen LogP contribution is 2.36. The zero-order valence-electron chi connectivity index (χ0n) is 12.8. The molecular weight excluding hydrogens is 349 g/mol. The molecule has 0 aromatic carbocycles. The van der Waals surface area contributed by atoms with Gasteiger partial charge in [0.05, 0.1) is 34.9 Å². The quantitative estimate of drug-likeness (QED) is 0.829. The third-order valence-corrected chi connectivity index (χ3v) is 5.09. The molecule has 1 aliphatic heterocycles. The first-order valence-corrected chi connectivity index (χ1v) is 8.28. The first-order chi connectivity index (χ1) is 11.2. The normalized spacial score (nSPS) is 22.0. The molecule has 2 aromatic heterocycles. The van der Waals surface area contributed by atoms with Gasteiger partial charge in [0.25, 0.3) is 5.92 Å². The minimum Gasteiger partial charge on any atom is -0.375 e. The average Bonchev–Trinajstić information content (AvgIpc) is 2.83. The van der Waals surface area contributed by atoms with Gasteiger partial charge in [-0.15, -0.1) is 11.3 Å². The second-order valence-electron chi connectivity index (χ2n) is 6.07. The molecule has 1 fully saturated rings. The van der Waals surface area contributed by atoms with Crippen molar-refractivity contribution in [1.29, 1.82) is 0 Å². The number of pyridine rings is 1. The molecule has 0 bridgehead atoms. The highest BCUT2D eigenvalue weighted by atomic mass is 32.1. The number of likely N-dealkylation sites (tertiary alicyclic amines) is 1. The molecule has 2 aromatic rings. The molecule has 1 atom stereocenters. The molecule has 3 heterocycles. The van der Waals surface area contributed by atoms with Crippen LogP contribution in [0.25, 0.3) is 10.2 Å². The lowest BCUT2D eigenvalue weighted by Crippen LogP contribution is -2.53. The minimum atomic E-state index is -4.33. The standard InChI is InChI=1S/C15H16F5N3S/c1-23-5-3-11(14(16,17)8-23)22-10-2-4-21-12-9(6-15(18,19)20)7-24-13(10)12/h2,4,7,11H,3,5-6,8H2,1H3,(H,21,22). The van der Waals surface area contributed by atoms with E-state index in [1.54, 1.807) is 11.9 Å². The lowest BCUT2D eigenvalue weighted by atomic mass is 10.0.